The Labute approximate surface area is 197 Å². The van der Waals surface area contributed by atoms with Crippen molar-refractivity contribution in [1.29, 1.82) is 0 Å². The molecule has 9 heteroatoms. The summed E-state index contributed by atoms with van der Waals surface area (Å²) < 4.78 is 5.30. The summed E-state index contributed by atoms with van der Waals surface area (Å²) in [5.74, 6) is 0.499. The maximum Gasteiger partial charge on any atom is 0.408 e. The van der Waals surface area contributed by atoms with Gasteiger partial charge in [-0.05, 0) is 59.2 Å². The largest absolute Gasteiger partial charge is 0.444 e. The first-order valence-electron chi connectivity index (χ1n) is 9.78. The van der Waals surface area contributed by atoms with Crippen molar-refractivity contribution in [2.75, 3.05) is 20.1 Å². The lowest BCUT2D eigenvalue weighted by molar-refractivity contribution is 0.0473. The first kappa shape index (κ1) is 28.0. The summed E-state index contributed by atoms with van der Waals surface area (Å²) in [4.78, 5) is 28.2. The number of alkyl carbamates (subject to hydrolysis) is 1. The number of amides is 2. The molecule has 30 heavy (non-hydrogen) atoms. The minimum atomic E-state index is -0.548. The molecule has 4 N–H and O–H groups in total. The van der Waals surface area contributed by atoms with Gasteiger partial charge in [-0.25, -0.2) is 4.79 Å². The number of guanidine groups is 1. The van der Waals surface area contributed by atoms with E-state index in [0.29, 0.717) is 31.2 Å². The standard InChI is InChI=1S/C21H35N5O3.HI/c1-8-23-17(27)16-11-9-10-15(12-16)13-24-18(22-7)25-14-21(5,6)26-19(28)29-20(2,3)4;/h9-12H,8,13-14H2,1-7H3,(H,23,27)(H,26,28)(H2,22,24,25);1H. The van der Waals surface area contributed by atoms with Gasteiger partial charge < -0.3 is 26.0 Å². The Morgan fingerprint density at radius 3 is 2.30 bits per heavy atom. The van der Waals surface area contributed by atoms with Crippen LogP contribution in [0.3, 0.4) is 0 Å². The third-order valence-electron chi connectivity index (χ3n) is 3.75. The van der Waals surface area contributed by atoms with E-state index in [1.54, 1.807) is 13.1 Å². The van der Waals surface area contributed by atoms with E-state index in [-0.39, 0.29) is 29.9 Å². The van der Waals surface area contributed by atoms with Crippen molar-refractivity contribution in [3.63, 3.8) is 0 Å². The normalized spacial score (nSPS) is 11.8. The quantitative estimate of drug-likeness (QED) is 0.245. The second kappa shape index (κ2) is 12.6. The van der Waals surface area contributed by atoms with Crippen LogP contribution in [0, 0.1) is 0 Å². The number of aliphatic imine (C=N–C) groups is 1. The fourth-order valence-corrected chi connectivity index (χ4v) is 2.42. The summed E-state index contributed by atoms with van der Waals surface area (Å²) in [6.07, 6.45) is -0.464. The van der Waals surface area contributed by atoms with E-state index in [2.05, 4.69) is 26.3 Å². The fourth-order valence-electron chi connectivity index (χ4n) is 2.42. The van der Waals surface area contributed by atoms with E-state index in [0.717, 1.165) is 5.56 Å². The molecule has 0 aliphatic rings. The Morgan fingerprint density at radius 2 is 1.73 bits per heavy atom. The van der Waals surface area contributed by atoms with Crippen LogP contribution in [0.4, 0.5) is 4.79 Å². The molecule has 0 radical (unpaired) electrons. The molecule has 170 valence electrons. The van der Waals surface area contributed by atoms with Crippen molar-refractivity contribution in [3.8, 4) is 0 Å². The summed E-state index contributed by atoms with van der Waals surface area (Å²) >= 11 is 0. The number of hydrogen-bond donors (Lipinski definition) is 4. The van der Waals surface area contributed by atoms with Gasteiger partial charge in [0.15, 0.2) is 5.96 Å². The van der Waals surface area contributed by atoms with Crippen LogP contribution in [0.5, 0.6) is 0 Å². The molecule has 0 fully saturated rings. The Balaban J connectivity index is 0.00000841. The summed E-state index contributed by atoms with van der Waals surface area (Å²) in [6.45, 7) is 12.7. The van der Waals surface area contributed by atoms with Gasteiger partial charge in [0.1, 0.15) is 5.60 Å². The smallest absolute Gasteiger partial charge is 0.408 e. The Bertz CT molecular complexity index is 730. The van der Waals surface area contributed by atoms with Gasteiger partial charge >= 0.3 is 6.09 Å². The summed E-state index contributed by atoms with van der Waals surface area (Å²) in [5.41, 5.74) is 0.492. The zero-order valence-electron chi connectivity index (χ0n) is 19.0. The Hall–Kier alpha value is -2.04. The van der Waals surface area contributed by atoms with Crippen LogP contribution >= 0.6 is 24.0 Å². The fraction of sp³-hybridized carbons (Fsp3) is 0.571. The highest BCUT2D eigenvalue weighted by molar-refractivity contribution is 14.0. The molecular formula is C21H36IN5O3. The first-order chi connectivity index (χ1) is 13.5. The number of carbonyl (C=O) groups is 2. The van der Waals surface area contributed by atoms with Crippen molar-refractivity contribution in [3.05, 3.63) is 35.4 Å². The van der Waals surface area contributed by atoms with Gasteiger partial charge in [-0.2, -0.15) is 0 Å². The predicted molar refractivity (Wildman–Crippen MR) is 132 cm³/mol. The third-order valence-corrected chi connectivity index (χ3v) is 3.75. The zero-order valence-corrected chi connectivity index (χ0v) is 21.3. The molecular weight excluding hydrogens is 497 g/mol. The molecule has 0 bridgehead atoms. The van der Waals surface area contributed by atoms with Crippen LogP contribution in [-0.4, -0.2) is 49.2 Å². The number of carbonyl (C=O) groups excluding carboxylic acids is 2. The van der Waals surface area contributed by atoms with Crippen LogP contribution in [0.2, 0.25) is 0 Å². The maximum absolute atomic E-state index is 12.0. The predicted octanol–water partition coefficient (Wildman–Crippen LogP) is 3.02. The Morgan fingerprint density at radius 1 is 1.07 bits per heavy atom. The average molecular weight is 533 g/mol. The molecule has 0 unspecified atom stereocenters. The van der Waals surface area contributed by atoms with E-state index in [9.17, 15) is 9.59 Å². The Kier molecular flexibility index (Phi) is 11.8. The molecule has 0 aromatic heterocycles. The molecule has 0 spiro atoms. The minimum absolute atomic E-state index is 0. The van der Waals surface area contributed by atoms with Crippen LogP contribution in [-0.2, 0) is 11.3 Å². The third kappa shape index (κ3) is 11.2. The highest BCUT2D eigenvalue weighted by atomic mass is 127. The number of benzene rings is 1. The number of ether oxygens (including phenoxy) is 1. The number of hydrogen-bond acceptors (Lipinski definition) is 4. The van der Waals surface area contributed by atoms with Crippen LogP contribution in [0.1, 0.15) is 57.5 Å². The maximum atomic E-state index is 12.0. The van der Waals surface area contributed by atoms with Crippen molar-refractivity contribution in [2.24, 2.45) is 4.99 Å². The van der Waals surface area contributed by atoms with Gasteiger partial charge in [0.05, 0.1) is 5.54 Å². The first-order valence-corrected chi connectivity index (χ1v) is 9.78. The zero-order chi connectivity index (χ0) is 22.1. The van der Waals surface area contributed by atoms with Gasteiger partial charge in [-0.3, -0.25) is 9.79 Å². The SMILES string of the molecule is CCNC(=O)c1cccc(CNC(=NC)NCC(C)(C)NC(=O)OC(C)(C)C)c1.I. The van der Waals surface area contributed by atoms with Crippen LogP contribution in [0.25, 0.3) is 0 Å². The topological polar surface area (TPSA) is 104 Å². The van der Waals surface area contributed by atoms with E-state index < -0.39 is 17.2 Å². The molecule has 1 rings (SSSR count). The number of halogens is 1. The summed E-state index contributed by atoms with van der Waals surface area (Å²) in [7, 11) is 1.68. The molecule has 0 aliphatic heterocycles. The lowest BCUT2D eigenvalue weighted by Crippen LogP contribution is -2.54. The highest BCUT2D eigenvalue weighted by Gasteiger charge is 2.24. The molecule has 8 nitrogen and oxygen atoms in total. The molecule has 2 amide bonds. The second-order valence-electron chi connectivity index (χ2n) is 8.35. The number of nitrogens with one attached hydrogen (secondary N) is 4. The van der Waals surface area contributed by atoms with Gasteiger partial charge in [-0.1, -0.05) is 12.1 Å². The van der Waals surface area contributed by atoms with Gasteiger partial charge in [-0.15, -0.1) is 24.0 Å². The second-order valence-corrected chi connectivity index (χ2v) is 8.35. The molecule has 0 saturated carbocycles. The average Bonchev–Trinajstić information content (AvgIpc) is 2.60. The molecule has 0 aliphatic carbocycles. The molecule has 1 aromatic rings. The summed E-state index contributed by atoms with van der Waals surface area (Å²) in [6, 6.07) is 7.42. The van der Waals surface area contributed by atoms with Gasteiger partial charge in [0.25, 0.3) is 5.91 Å². The van der Waals surface area contributed by atoms with Crippen molar-refractivity contribution in [1.82, 2.24) is 21.3 Å². The summed E-state index contributed by atoms with van der Waals surface area (Å²) in [5, 5.41) is 12.0. The van der Waals surface area contributed by atoms with Crippen molar-refractivity contribution in [2.45, 2.75) is 59.2 Å². The lowest BCUT2D eigenvalue weighted by atomic mass is 10.1. The van der Waals surface area contributed by atoms with Crippen LogP contribution < -0.4 is 21.3 Å². The highest BCUT2D eigenvalue weighted by Crippen LogP contribution is 2.09. The monoisotopic (exact) mass is 533 g/mol. The lowest BCUT2D eigenvalue weighted by Gasteiger charge is -2.29. The van der Waals surface area contributed by atoms with E-state index in [4.69, 9.17) is 4.74 Å². The van der Waals surface area contributed by atoms with Gasteiger partial charge in [0.2, 0.25) is 0 Å². The van der Waals surface area contributed by atoms with Crippen LogP contribution in [0.15, 0.2) is 29.3 Å². The van der Waals surface area contributed by atoms with E-state index >= 15 is 0 Å². The van der Waals surface area contributed by atoms with Crippen molar-refractivity contribution < 1.29 is 14.3 Å². The number of nitrogens with zero attached hydrogens (tertiary/aromatic N) is 1. The van der Waals surface area contributed by atoms with E-state index in [1.807, 2.05) is 59.7 Å². The number of rotatable bonds is 7. The van der Waals surface area contributed by atoms with E-state index in [1.165, 1.54) is 0 Å². The van der Waals surface area contributed by atoms with Crippen molar-refractivity contribution >= 4 is 41.9 Å². The molecule has 1 aromatic carbocycles. The molecule has 0 saturated heterocycles. The minimum Gasteiger partial charge on any atom is -0.444 e. The van der Waals surface area contributed by atoms with Gasteiger partial charge in [0, 0.05) is 32.2 Å². The molecule has 0 heterocycles. The molecule has 0 atom stereocenters.